The highest BCUT2D eigenvalue weighted by atomic mass is 32.1. The summed E-state index contributed by atoms with van der Waals surface area (Å²) in [4.78, 5) is 16.2. The highest BCUT2D eigenvalue weighted by molar-refractivity contribution is 7.08. The first-order valence-electron chi connectivity index (χ1n) is 6.64. The smallest absolute Gasteiger partial charge is 0.244 e. The van der Waals surface area contributed by atoms with Crippen molar-refractivity contribution in [3.05, 3.63) is 64.2 Å². The van der Waals surface area contributed by atoms with Crippen LogP contribution in [0.4, 0.5) is 0 Å². The minimum atomic E-state index is -0.116. The second-order valence-electron chi connectivity index (χ2n) is 4.74. The second-order valence-corrected chi connectivity index (χ2v) is 5.52. The Balaban J connectivity index is 1.63. The Morgan fingerprint density at radius 1 is 1.43 bits per heavy atom. The fourth-order valence-electron chi connectivity index (χ4n) is 2.06. The molecule has 3 aromatic heterocycles. The Hall–Kier alpha value is -2.40. The van der Waals surface area contributed by atoms with Crippen LogP contribution in [0.1, 0.15) is 17.0 Å². The first-order valence-corrected chi connectivity index (χ1v) is 7.58. The summed E-state index contributed by atoms with van der Waals surface area (Å²) in [6.07, 6.45) is 5.30. The van der Waals surface area contributed by atoms with Gasteiger partial charge >= 0.3 is 0 Å². The van der Waals surface area contributed by atoms with E-state index in [1.165, 1.54) is 0 Å². The van der Waals surface area contributed by atoms with Crippen LogP contribution in [0.3, 0.4) is 0 Å². The molecule has 5 heteroatoms. The van der Waals surface area contributed by atoms with E-state index in [-0.39, 0.29) is 5.91 Å². The normalized spacial score (nSPS) is 11.3. The van der Waals surface area contributed by atoms with Gasteiger partial charge in [0.25, 0.3) is 0 Å². The molecule has 4 nitrogen and oxygen atoms in total. The summed E-state index contributed by atoms with van der Waals surface area (Å²) in [5.41, 5.74) is 3.91. The molecule has 0 bridgehead atoms. The first kappa shape index (κ1) is 13.6. The van der Waals surface area contributed by atoms with Gasteiger partial charge in [0, 0.05) is 18.0 Å². The molecular formula is C16H15N3OS. The predicted octanol–water partition coefficient (Wildman–Crippen LogP) is 3.03. The molecule has 0 aliphatic rings. The van der Waals surface area contributed by atoms with Gasteiger partial charge in [-0.1, -0.05) is 6.07 Å². The molecule has 0 fully saturated rings. The summed E-state index contributed by atoms with van der Waals surface area (Å²) in [6, 6.07) is 7.93. The van der Waals surface area contributed by atoms with E-state index in [4.69, 9.17) is 0 Å². The predicted molar refractivity (Wildman–Crippen MR) is 85.1 cm³/mol. The third kappa shape index (κ3) is 3.20. The lowest BCUT2D eigenvalue weighted by molar-refractivity contribution is -0.116. The van der Waals surface area contributed by atoms with Crippen LogP contribution in [0.15, 0.2) is 47.3 Å². The zero-order chi connectivity index (χ0) is 14.7. The molecule has 3 aromatic rings. The number of carbonyl (C=O) groups is 1. The van der Waals surface area contributed by atoms with Gasteiger partial charge in [-0.15, -0.1) is 0 Å². The lowest BCUT2D eigenvalue weighted by Crippen LogP contribution is -2.20. The van der Waals surface area contributed by atoms with Crippen LogP contribution >= 0.6 is 11.3 Å². The number of hydrogen-bond acceptors (Lipinski definition) is 3. The van der Waals surface area contributed by atoms with Crippen LogP contribution in [0.25, 0.3) is 11.7 Å². The van der Waals surface area contributed by atoms with E-state index in [9.17, 15) is 4.79 Å². The van der Waals surface area contributed by atoms with E-state index in [0.717, 1.165) is 22.6 Å². The van der Waals surface area contributed by atoms with E-state index in [1.54, 1.807) is 23.5 Å². The van der Waals surface area contributed by atoms with Gasteiger partial charge in [0.15, 0.2) is 0 Å². The Morgan fingerprint density at radius 3 is 3.10 bits per heavy atom. The van der Waals surface area contributed by atoms with E-state index >= 15 is 0 Å². The van der Waals surface area contributed by atoms with Crippen molar-refractivity contribution in [1.82, 2.24) is 14.7 Å². The summed E-state index contributed by atoms with van der Waals surface area (Å²) in [7, 11) is 0. The fourth-order valence-corrected chi connectivity index (χ4v) is 2.69. The molecule has 3 rings (SSSR count). The van der Waals surface area contributed by atoms with Crippen LogP contribution in [0, 0.1) is 6.92 Å². The summed E-state index contributed by atoms with van der Waals surface area (Å²) < 4.78 is 2.02. The number of aromatic nitrogens is 2. The van der Waals surface area contributed by atoms with Crippen LogP contribution in [-0.2, 0) is 11.3 Å². The molecule has 0 atom stereocenters. The average molecular weight is 297 g/mol. The lowest BCUT2D eigenvalue weighted by Gasteiger charge is -1.98. The molecule has 0 spiro atoms. The average Bonchev–Trinajstić information content (AvgIpc) is 3.12. The lowest BCUT2D eigenvalue weighted by atomic mass is 10.3. The summed E-state index contributed by atoms with van der Waals surface area (Å²) in [5.74, 6) is -0.116. The fraction of sp³-hybridized carbons (Fsp3) is 0.125. The summed E-state index contributed by atoms with van der Waals surface area (Å²) >= 11 is 1.61. The Morgan fingerprint density at radius 2 is 2.33 bits per heavy atom. The number of nitrogens with zero attached hydrogens (tertiary/aromatic N) is 2. The number of aryl methyl sites for hydroxylation is 1. The van der Waals surface area contributed by atoms with E-state index in [2.05, 4.69) is 10.3 Å². The molecule has 106 valence electrons. The zero-order valence-corrected chi connectivity index (χ0v) is 12.4. The largest absolute Gasteiger partial charge is 0.347 e. The van der Waals surface area contributed by atoms with E-state index < -0.39 is 0 Å². The minimum absolute atomic E-state index is 0.116. The van der Waals surface area contributed by atoms with Gasteiger partial charge in [-0.2, -0.15) is 11.3 Å². The van der Waals surface area contributed by atoms with Gasteiger partial charge in [-0.3, -0.25) is 4.79 Å². The number of amides is 1. The van der Waals surface area contributed by atoms with Gasteiger partial charge < -0.3 is 9.72 Å². The minimum Gasteiger partial charge on any atom is -0.347 e. The van der Waals surface area contributed by atoms with E-state index in [1.807, 2.05) is 52.5 Å². The van der Waals surface area contributed by atoms with Crippen LogP contribution in [-0.4, -0.2) is 15.3 Å². The Kier molecular flexibility index (Phi) is 3.83. The number of fused-ring (bicyclic) bond motifs is 1. The van der Waals surface area contributed by atoms with Crippen molar-refractivity contribution in [3.8, 4) is 0 Å². The van der Waals surface area contributed by atoms with Gasteiger partial charge in [-0.05, 0) is 47.5 Å². The molecule has 1 N–H and O–H groups in total. The second kappa shape index (κ2) is 5.93. The van der Waals surface area contributed by atoms with Crippen LogP contribution in [0.5, 0.6) is 0 Å². The number of hydrogen-bond donors (Lipinski definition) is 1. The maximum absolute atomic E-state index is 11.8. The van der Waals surface area contributed by atoms with Crippen molar-refractivity contribution >= 4 is 29.0 Å². The molecule has 0 aliphatic heterocycles. The van der Waals surface area contributed by atoms with Gasteiger partial charge in [0.05, 0.1) is 12.2 Å². The standard InChI is InChI=1S/C16H15N3OS/c1-12-3-2-4-15-18-14(10-19(12)15)9-17-16(20)6-5-13-7-8-21-11-13/h2-8,10-11H,9H2,1H3,(H,17,20). The quantitative estimate of drug-likeness (QED) is 0.752. The molecule has 0 aromatic carbocycles. The molecule has 0 saturated heterocycles. The highest BCUT2D eigenvalue weighted by Gasteiger charge is 2.04. The van der Waals surface area contributed by atoms with Crippen molar-refractivity contribution < 1.29 is 4.79 Å². The molecule has 3 heterocycles. The van der Waals surface area contributed by atoms with Crippen molar-refractivity contribution in [2.75, 3.05) is 0 Å². The molecule has 0 unspecified atom stereocenters. The first-order chi connectivity index (χ1) is 10.2. The van der Waals surface area contributed by atoms with Gasteiger partial charge in [0.2, 0.25) is 5.91 Å². The topological polar surface area (TPSA) is 46.4 Å². The summed E-state index contributed by atoms with van der Waals surface area (Å²) in [5, 5.41) is 6.82. The molecule has 0 saturated carbocycles. The SMILES string of the molecule is Cc1cccc2nc(CNC(=O)C=Cc3ccsc3)cn12. The molecule has 0 aliphatic carbocycles. The monoisotopic (exact) mass is 297 g/mol. The number of imidazole rings is 1. The number of pyridine rings is 1. The zero-order valence-electron chi connectivity index (χ0n) is 11.6. The number of nitrogens with one attached hydrogen (secondary N) is 1. The van der Waals surface area contributed by atoms with Gasteiger partial charge in [0.1, 0.15) is 5.65 Å². The molecule has 21 heavy (non-hydrogen) atoms. The van der Waals surface area contributed by atoms with Crippen molar-refractivity contribution in [1.29, 1.82) is 0 Å². The van der Waals surface area contributed by atoms with Crippen LogP contribution in [0.2, 0.25) is 0 Å². The maximum atomic E-state index is 11.8. The van der Waals surface area contributed by atoms with E-state index in [0.29, 0.717) is 6.54 Å². The number of carbonyl (C=O) groups excluding carboxylic acids is 1. The Labute approximate surface area is 126 Å². The summed E-state index contributed by atoms with van der Waals surface area (Å²) in [6.45, 7) is 2.45. The number of rotatable bonds is 4. The molecule has 1 amide bonds. The Bertz CT molecular complexity index is 787. The number of thiophene rings is 1. The maximum Gasteiger partial charge on any atom is 0.244 e. The van der Waals surface area contributed by atoms with Crippen molar-refractivity contribution in [3.63, 3.8) is 0 Å². The third-order valence-corrected chi connectivity index (χ3v) is 3.86. The molecular weight excluding hydrogens is 282 g/mol. The highest BCUT2D eigenvalue weighted by Crippen LogP contribution is 2.09. The van der Waals surface area contributed by atoms with Crippen LogP contribution < -0.4 is 5.32 Å². The van der Waals surface area contributed by atoms with Gasteiger partial charge in [-0.25, -0.2) is 4.98 Å². The van der Waals surface area contributed by atoms with Crippen molar-refractivity contribution in [2.24, 2.45) is 0 Å². The molecule has 0 radical (unpaired) electrons. The third-order valence-electron chi connectivity index (χ3n) is 3.16. The van der Waals surface area contributed by atoms with Crippen molar-refractivity contribution in [2.45, 2.75) is 13.5 Å².